The minimum Gasteiger partial charge on any atom is -0.311 e. The third-order valence-electron chi connectivity index (χ3n) is 3.72. The summed E-state index contributed by atoms with van der Waals surface area (Å²) < 4.78 is 0. The van der Waals surface area contributed by atoms with Gasteiger partial charge in [0.2, 0.25) is 0 Å². The summed E-state index contributed by atoms with van der Waals surface area (Å²) in [4.78, 5) is 5.35. The number of allylic oxidation sites excluding steroid dienone is 1. The lowest BCUT2D eigenvalue weighted by atomic mass is 10.1. The molecule has 0 heterocycles. The average Bonchev–Trinajstić information content (AvgIpc) is 2.69. The van der Waals surface area contributed by atoms with E-state index >= 15 is 0 Å². The Kier molecular flexibility index (Phi) is 4.90. The molecule has 25 heavy (non-hydrogen) atoms. The first-order valence-electron chi connectivity index (χ1n) is 7.81. The van der Waals surface area contributed by atoms with Crippen LogP contribution in [0.1, 0.15) is 5.56 Å². The Morgan fingerprint density at radius 1 is 0.800 bits per heavy atom. The molecule has 0 aromatic heterocycles. The summed E-state index contributed by atoms with van der Waals surface area (Å²) in [5.74, 6) is 0. The first kappa shape index (κ1) is 16.1. The highest BCUT2D eigenvalue weighted by atomic mass is 15.1. The zero-order valence-electron chi connectivity index (χ0n) is 13.5. The van der Waals surface area contributed by atoms with Gasteiger partial charge >= 0.3 is 0 Å². The van der Waals surface area contributed by atoms with Crippen molar-refractivity contribution in [3.63, 3.8) is 0 Å². The second kappa shape index (κ2) is 7.64. The van der Waals surface area contributed by atoms with Gasteiger partial charge in [-0.1, -0.05) is 48.5 Å². The van der Waals surface area contributed by atoms with Crippen molar-refractivity contribution < 1.29 is 0 Å². The lowest BCUT2D eigenvalue weighted by molar-refractivity contribution is 1.28. The van der Waals surface area contributed by atoms with Crippen LogP contribution in [0.3, 0.4) is 0 Å². The maximum absolute atomic E-state index is 8.89. The Morgan fingerprint density at radius 2 is 1.28 bits per heavy atom. The van der Waals surface area contributed by atoms with E-state index in [4.69, 9.17) is 11.8 Å². The van der Waals surface area contributed by atoms with Crippen LogP contribution in [-0.4, -0.2) is 0 Å². The first-order valence-corrected chi connectivity index (χ1v) is 7.81. The van der Waals surface area contributed by atoms with Gasteiger partial charge in [0.25, 0.3) is 5.70 Å². The van der Waals surface area contributed by atoms with Gasteiger partial charge in [0, 0.05) is 17.1 Å². The Morgan fingerprint density at radius 3 is 1.72 bits per heavy atom. The zero-order valence-corrected chi connectivity index (χ0v) is 13.5. The van der Waals surface area contributed by atoms with Crippen LogP contribution in [0.25, 0.3) is 10.9 Å². The summed E-state index contributed by atoms with van der Waals surface area (Å²) in [6.07, 6.45) is 1.59. The molecule has 0 spiro atoms. The molecule has 0 N–H and O–H groups in total. The van der Waals surface area contributed by atoms with Gasteiger partial charge in [-0.05, 0) is 48.0 Å². The molecule has 3 nitrogen and oxygen atoms in total. The SMILES string of the molecule is [C-]#[N+]/C(C#N)=C\c1ccc(N(c2ccccc2)c2ccccc2)cc1. The Bertz CT molecular complexity index is 889. The number of nitriles is 1. The van der Waals surface area contributed by atoms with Crippen molar-refractivity contribution >= 4 is 23.1 Å². The van der Waals surface area contributed by atoms with E-state index < -0.39 is 0 Å². The first-order chi connectivity index (χ1) is 12.3. The Balaban J connectivity index is 2.02. The molecule has 3 aromatic carbocycles. The molecule has 0 unspecified atom stereocenters. The molecule has 3 heteroatoms. The maximum Gasteiger partial charge on any atom is 0.262 e. The highest BCUT2D eigenvalue weighted by Crippen LogP contribution is 2.34. The van der Waals surface area contributed by atoms with Gasteiger partial charge in [0.05, 0.1) is 12.6 Å². The molecule has 0 radical (unpaired) electrons. The summed E-state index contributed by atoms with van der Waals surface area (Å²) in [6, 6.07) is 30.0. The number of rotatable bonds is 4. The van der Waals surface area contributed by atoms with Crippen LogP contribution in [-0.2, 0) is 0 Å². The summed E-state index contributed by atoms with van der Waals surface area (Å²) in [5.41, 5.74) is 4.05. The fourth-order valence-electron chi connectivity index (χ4n) is 2.57. The van der Waals surface area contributed by atoms with Gasteiger partial charge < -0.3 is 4.90 Å². The van der Waals surface area contributed by atoms with E-state index in [1.165, 1.54) is 0 Å². The van der Waals surface area contributed by atoms with Crippen LogP contribution >= 0.6 is 0 Å². The zero-order chi connectivity index (χ0) is 17.5. The van der Waals surface area contributed by atoms with Crippen LogP contribution in [0, 0.1) is 17.9 Å². The van der Waals surface area contributed by atoms with E-state index in [1.807, 2.05) is 66.7 Å². The van der Waals surface area contributed by atoms with Crippen molar-refractivity contribution in [1.82, 2.24) is 0 Å². The van der Waals surface area contributed by atoms with Crippen LogP contribution < -0.4 is 4.90 Å². The van der Waals surface area contributed by atoms with E-state index in [2.05, 4.69) is 34.0 Å². The highest BCUT2D eigenvalue weighted by molar-refractivity contribution is 5.77. The quantitative estimate of drug-likeness (QED) is 0.440. The van der Waals surface area contributed by atoms with Crippen molar-refractivity contribution in [3.8, 4) is 6.07 Å². The molecule has 0 amide bonds. The predicted octanol–water partition coefficient (Wildman–Crippen LogP) is 5.94. The normalized spacial score (nSPS) is 10.6. The molecule has 0 bridgehead atoms. The third-order valence-corrected chi connectivity index (χ3v) is 3.72. The Hall–Kier alpha value is -3.82. The van der Waals surface area contributed by atoms with E-state index in [-0.39, 0.29) is 5.70 Å². The van der Waals surface area contributed by atoms with Gasteiger partial charge in [0.15, 0.2) is 0 Å². The molecule has 0 saturated carbocycles. The topological polar surface area (TPSA) is 31.4 Å². The third kappa shape index (κ3) is 3.75. The number of anilines is 3. The Labute approximate surface area is 147 Å². The number of hydrogen-bond donors (Lipinski definition) is 0. The molecular formula is C22H15N3. The monoisotopic (exact) mass is 321 g/mol. The van der Waals surface area contributed by atoms with Crippen LogP contribution in [0.15, 0.2) is 90.6 Å². The summed E-state index contributed by atoms with van der Waals surface area (Å²) in [5, 5.41) is 8.89. The minimum absolute atomic E-state index is 0.0794. The predicted molar refractivity (Wildman–Crippen MR) is 101 cm³/mol. The molecule has 3 aromatic rings. The van der Waals surface area contributed by atoms with Gasteiger partial charge in [-0.15, -0.1) is 0 Å². The second-order valence-electron chi connectivity index (χ2n) is 5.35. The molecular weight excluding hydrogens is 306 g/mol. The van der Waals surface area contributed by atoms with E-state index in [0.29, 0.717) is 0 Å². The van der Waals surface area contributed by atoms with Crippen LogP contribution in [0.2, 0.25) is 0 Å². The smallest absolute Gasteiger partial charge is 0.262 e. The average molecular weight is 321 g/mol. The number of hydrogen-bond acceptors (Lipinski definition) is 2. The van der Waals surface area contributed by atoms with Crippen LogP contribution in [0.4, 0.5) is 17.1 Å². The fourth-order valence-corrected chi connectivity index (χ4v) is 2.57. The van der Waals surface area contributed by atoms with E-state index in [9.17, 15) is 0 Å². The molecule has 0 aliphatic carbocycles. The van der Waals surface area contributed by atoms with Gasteiger partial charge in [-0.25, -0.2) is 10.1 Å². The van der Waals surface area contributed by atoms with Crippen molar-refractivity contribution in [2.45, 2.75) is 0 Å². The van der Waals surface area contributed by atoms with Crippen molar-refractivity contribution in [3.05, 3.63) is 108 Å². The number of para-hydroxylation sites is 2. The van der Waals surface area contributed by atoms with Crippen LogP contribution in [0.5, 0.6) is 0 Å². The summed E-state index contributed by atoms with van der Waals surface area (Å²) >= 11 is 0. The lowest BCUT2D eigenvalue weighted by Gasteiger charge is -2.25. The summed E-state index contributed by atoms with van der Waals surface area (Å²) in [7, 11) is 0. The second-order valence-corrected chi connectivity index (χ2v) is 5.35. The number of benzene rings is 3. The molecule has 0 saturated heterocycles. The molecule has 0 fully saturated rings. The molecule has 0 aliphatic heterocycles. The molecule has 3 rings (SSSR count). The summed E-state index contributed by atoms with van der Waals surface area (Å²) in [6.45, 7) is 6.97. The van der Waals surface area contributed by atoms with E-state index in [0.717, 1.165) is 22.6 Å². The molecule has 0 aliphatic rings. The van der Waals surface area contributed by atoms with Crippen molar-refractivity contribution in [2.75, 3.05) is 4.90 Å². The standard InChI is InChI=1S/C22H15N3/c1-24-19(17-23)16-18-12-14-22(15-13-18)25(20-8-4-2-5-9-20)21-10-6-3-7-11-21/h2-16H/b19-16-. The van der Waals surface area contributed by atoms with Gasteiger partial charge in [-0.2, -0.15) is 0 Å². The van der Waals surface area contributed by atoms with E-state index in [1.54, 1.807) is 6.08 Å². The highest BCUT2D eigenvalue weighted by Gasteiger charge is 2.11. The molecule has 118 valence electrons. The van der Waals surface area contributed by atoms with Crippen molar-refractivity contribution in [1.29, 1.82) is 5.26 Å². The fraction of sp³-hybridized carbons (Fsp3) is 0. The maximum atomic E-state index is 8.89. The van der Waals surface area contributed by atoms with Gasteiger partial charge in [-0.3, -0.25) is 0 Å². The number of nitrogens with zero attached hydrogens (tertiary/aromatic N) is 3. The lowest BCUT2D eigenvalue weighted by Crippen LogP contribution is -2.09. The van der Waals surface area contributed by atoms with Gasteiger partial charge in [0.1, 0.15) is 0 Å². The largest absolute Gasteiger partial charge is 0.311 e. The van der Waals surface area contributed by atoms with Crippen molar-refractivity contribution in [2.24, 2.45) is 0 Å². The molecule has 0 atom stereocenters. The minimum atomic E-state index is 0.0794.